The third kappa shape index (κ3) is 2.64. The number of pyridine rings is 1. The van der Waals surface area contributed by atoms with E-state index in [0.29, 0.717) is 10.9 Å². The van der Waals surface area contributed by atoms with Crippen molar-refractivity contribution in [2.24, 2.45) is 23.2 Å². The van der Waals surface area contributed by atoms with Gasteiger partial charge in [0.15, 0.2) is 0 Å². The summed E-state index contributed by atoms with van der Waals surface area (Å²) in [4.78, 5) is 22.2. The molecular formula is C20H26ClN3O. The molecule has 1 aromatic heterocycles. The Hall–Kier alpha value is -1.29. The molecule has 4 aliphatic carbocycles. The van der Waals surface area contributed by atoms with Gasteiger partial charge >= 0.3 is 0 Å². The van der Waals surface area contributed by atoms with E-state index in [4.69, 9.17) is 11.6 Å². The first-order valence-electron chi connectivity index (χ1n) is 9.78. The highest BCUT2D eigenvalue weighted by atomic mass is 35.5. The van der Waals surface area contributed by atoms with Crippen molar-refractivity contribution in [1.82, 2.24) is 9.88 Å². The molecule has 4 bridgehead atoms. The molecule has 1 aliphatic heterocycles. The molecule has 134 valence electrons. The molecular weight excluding hydrogens is 334 g/mol. The average molecular weight is 360 g/mol. The summed E-state index contributed by atoms with van der Waals surface area (Å²) >= 11 is 6.28. The zero-order valence-corrected chi connectivity index (χ0v) is 15.4. The number of carbonyl (C=O) groups is 1. The van der Waals surface area contributed by atoms with Crippen LogP contribution in [0.25, 0.3) is 0 Å². The van der Waals surface area contributed by atoms with Crippen LogP contribution >= 0.6 is 11.6 Å². The second-order valence-corrected chi connectivity index (χ2v) is 9.19. The number of halogens is 1. The maximum atomic E-state index is 13.4. The summed E-state index contributed by atoms with van der Waals surface area (Å²) in [6.07, 6.45) is 9.42. The van der Waals surface area contributed by atoms with E-state index < -0.39 is 0 Å². The fourth-order valence-corrected chi connectivity index (χ4v) is 6.68. The molecule has 25 heavy (non-hydrogen) atoms. The summed E-state index contributed by atoms with van der Waals surface area (Å²) < 4.78 is 0. The SMILES string of the molecule is O=C(N1CCN(c2ncccc2Cl)CC1)C12CC3CC(CC(C3)C1)C2. The Morgan fingerprint density at radius 2 is 1.64 bits per heavy atom. The maximum absolute atomic E-state index is 13.4. The molecule has 0 radical (unpaired) electrons. The normalized spacial score (nSPS) is 36.8. The minimum absolute atomic E-state index is 0.0143. The van der Waals surface area contributed by atoms with Crippen molar-refractivity contribution in [3.05, 3.63) is 23.4 Å². The lowest BCUT2D eigenvalue weighted by atomic mass is 9.49. The van der Waals surface area contributed by atoms with Gasteiger partial charge in [0.2, 0.25) is 5.91 Å². The molecule has 0 spiro atoms. The van der Waals surface area contributed by atoms with Gasteiger partial charge in [0.05, 0.1) is 10.4 Å². The van der Waals surface area contributed by atoms with Crippen LogP contribution in [0.2, 0.25) is 5.02 Å². The van der Waals surface area contributed by atoms with E-state index in [-0.39, 0.29) is 5.41 Å². The van der Waals surface area contributed by atoms with Gasteiger partial charge in [0.25, 0.3) is 0 Å². The first-order chi connectivity index (χ1) is 12.1. The zero-order chi connectivity index (χ0) is 17.0. The molecule has 1 aromatic rings. The molecule has 1 amide bonds. The number of amides is 1. The van der Waals surface area contributed by atoms with Crippen molar-refractivity contribution >= 4 is 23.3 Å². The molecule has 0 unspecified atom stereocenters. The van der Waals surface area contributed by atoms with Crippen LogP contribution in [-0.4, -0.2) is 42.0 Å². The number of nitrogens with zero attached hydrogens (tertiary/aromatic N) is 3. The molecule has 1 saturated heterocycles. The van der Waals surface area contributed by atoms with Gasteiger partial charge in [-0.05, 0) is 68.4 Å². The van der Waals surface area contributed by atoms with Gasteiger partial charge in [-0.15, -0.1) is 0 Å². The molecule has 4 saturated carbocycles. The lowest BCUT2D eigenvalue weighted by molar-refractivity contribution is -0.158. The third-order valence-corrected chi connectivity index (χ3v) is 7.39. The van der Waals surface area contributed by atoms with E-state index >= 15 is 0 Å². The van der Waals surface area contributed by atoms with Gasteiger partial charge < -0.3 is 9.80 Å². The summed E-state index contributed by atoms with van der Waals surface area (Å²) in [6.45, 7) is 3.25. The van der Waals surface area contributed by atoms with Crippen molar-refractivity contribution < 1.29 is 4.79 Å². The molecule has 4 nitrogen and oxygen atoms in total. The number of rotatable bonds is 2. The van der Waals surface area contributed by atoms with Crippen molar-refractivity contribution in [2.45, 2.75) is 38.5 Å². The average Bonchev–Trinajstić information content (AvgIpc) is 2.61. The molecule has 0 N–H and O–H groups in total. The van der Waals surface area contributed by atoms with Crippen molar-refractivity contribution in [3.63, 3.8) is 0 Å². The highest BCUT2D eigenvalue weighted by Crippen LogP contribution is 2.60. The third-order valence-electron chi connectivity index (χ3n) is 7.10. The minimum atomic E-state index is -0.0143. The van der Waals surface area contributed by atoms with Crippen molar-refractivity contribution in [1.29, 1.82) is 0 Å². The maximum Gasteiger partial charge on any atom is 0.228 e. The summed E-state index contributed by atoms with van der Waals surface area (Å²) in [5, 5.41) is 0.698. The van der Waals surface area contributed by atoms with Gasteiger partial charge in [0, 0.05) is 32.4 Å². The van der Waals surface area contributed by atoms with Gasteiger partial charge in [-0.1, -0.05) is 11.6 Å². The van der Waals surface area contributed by atoms with Gasteiger partial charge in [0.1, 0.15) is 5.82 Å². The first-order valence-corrected chi connectivity index (χ1v) is 10.2. The molecule has 2 heterocycles. The smallest absolute Gasteiger partial charge is 0.228 e. The Kier molecular flexibility index (Phi) is 3.74. The van der Waals surface area contributed by atoms with Crippen LogP contribution in [0.5, 0.6) is 0 Å². The Balaban J connectivity index is 1.28. The van der Waals surface area contributed by atoms with E-state index in [2.05, 4.69) is 14.8 Å². The standard InChI is InChI=1S/C20H26ClN3O/c21-17-2-1-3-22-18(17)23-4-6-24(7-5-23)19(25)20-11-14-8-15(12-20)10-16(9-14)13-20/h1-3,14-16H,4-13H2. The first kappa shape index (κ1) is 15.9. The number of hydrogen-bond donors (Lipinski definition) is 0. The Bertz CT molecular complexity index is 648. The summed E-state index contributed by atoms with van der Waals surface area (Å²) in [6, 6.07) is 3.75. The molecule has 5 aliphatic rings. The summed E-state index contributed by atoms with van der Waals surface area (Å²) in [5.74, 6) is 3.78. The largest absolute Gasteiger partial charge is 0.352 e. The second-order valence-electron chi connectivity index (χ2n) is 8.79. The number of piperazine rings is 1. The van der Waals surface area contributed by atoms with E-state index in [9.17, 15) is 4.79 Å². The Morgan fingerprint density at radius 3 is 2.20 bits per heavy atom. The van der Waals surface area contributed by atoms with E-state index in [1.54, 1.807) is 6.20 Å². The Morgan fingerprint density at radius 1 is 1.04 bits per heavy atom. The lowest BCUT2D eigenvalue weighted by Crippen LogP contribution is -2.58. The molecule has 5 fully saturated rings. The lowest BCUT2D eigenvalue weighted by Gasteiger charge is -2.57. The highest BCUT2D eigenvalue weighted by Gasteiger charge is 2.55. The predicted molar refractivity (Wildman–Crippen MR) is 98.6 cm³/mol. The molecule has 0 aromatic carbocycles. The van der Waals surface area contributed by atoms with E-state index in [1.807, 2.05) is 12.1 Å². The van der Waals surface area contributed by atoms with Crippen molar-refractivity contribution in [2.75, 3.05) is 31.1 Å². The minimum Gasteiger partial charge on any atom is -0.352 e. The van der Waals surface area contributed by atoms with Crippen LogP contribution in [0.15, 0.2) is 18.3 Å². The fraction of sp³-hybridized carbons (Fsp3) is 0.700. The van der Waals surface area contributed by atoms with Crippen LogP contribution in [0, 0.1) is 23.2 Å². The fourth-order valence-electron chi connectivity index (χ4n) is 6.44. The zero-order valence-electron chi connectivity index (χ0n) is 14.7. The molecule has 0 atom stereocenters. The van der Waals surface area contributed by atoms with Crippen LogP contribution in [-0.2, 0) is 4.79 Å². The number of carbonyl (C=O) groups excluding carboxylic acids is 1. The molecule has 5 heteroatoms. The second kappa shape index (κ2) is 5.87. The topological polar surface area (TPSA) is 36.4 Å². The van der Waals surface area contributed by atoms with Gasteiger partial charge in [-0.3, -0.25) is 4.79 Å². The Labute approximate surface area is 154 Å². The van der Waals surface area contributed by atoms with E-state index in [0.717, 1.165) is 69.0 Å². The van der Waals surface area contributed by atoms with Crippen LogP contribution in [0.3, 0.4) is 0 Å². The van der Waals surface area contributed by atoms with E-state index in [1.165, 1.54) is 19.3 Å². The van der Waals surface area contributed by atoms with Crippen LogP contribution in [0.1, 0.15) is 38.5 Å². The van der Waals surface area contributed by atoms with Crippen molar-refractivity contribution in [3.8, 4) is 0 Å². The van der Waals surface area contributed by atoms with Crippen LogP contribution in [0.4, 0.5) is 5.82 Å². The number of anilines is 1. The highest BCUT2D eigenvalue weighted by molar-refractivity contribution is 6.32. The van der Waals surface area contributed by atoms with Gasteiger partial charge in [-0.2, -0.15) is 0 Å². The van der Waals surface area contributed by atoms with Crippen LogP contribution < -0.4 is 4.90 Å². The summed E-state index contributed by atoms with van der Waals surface area (Å²) in [7, 11) is 0. The quantitative estimate of drug-likeness (QED) is 0.809. The van der Waals surface area contributed by atoms with Gasteiger partial charge in [-0.25, -0.2) is 4.98 Å². The predicted octanol–water partition coefficient (Wildman–Crippen LogP) is 3.60. The number of aromatic nitrogens is 1. The molecule has 6 rings (SSSR count). The monoisotopic (exact) mass is 359 g/mol. The summed E-state index contributed by atoms with van der Waals surface area (Å²) in [5.41, 5.74) is -0.0143. The number of hydrogen-bond acceptors (Lipinski definition) is 3.